The van der Waals surface area contributed by atoms with Gasteiger partial charge in [0.1, 0.15) is 5.37 Å². The molecule has 2 rings (SSSR count). The standard InChI is InChI=1S/C14H21BrN2O2S2/c1-3-21(18,19)14-9-20-7-6-17(14)13-8-11(15)4-5-12(13)10(2)16/h4-5,8,10,14H,3,6-7,9,16H2,1-2H3. The van der Waals surface area contributed by atoms with Crippen molar-refractivity contribution in [2.45, 2.75) is 25.3 Å². The van der Waals surface area contributed by atoms with Crippen LogP contribution in [0.1, 0.15) is 25.5 Å². The Bertz CT molecular complexity index is 605. The molecule has 1 aliphatic rings. The highest BCUT2D eigenvalue weighted by Gasteiger charge is 2.34. The van der Waals surface area contributed by atoms with Crippen LogP contribution in [0.25, 0.3) is 0 Å². The zero-order valence-electron chi connectivity index (χ0n) is 12.3. The van der Waals surface area contributed by atoms with E-state index in [9.17, 15) is 8.42 Å². The van der Waals surface area contributed by atoms with Crippen molar-refractivity contribution < 1.29 is 8.42 Å². The Kier molecular flexibility index (Phi) is 5.62. The Labute approximate surface area is 139 Å². The van der Waals surface area contributed by atoms with E-state index >= 15 is 0 Å². The zero-order valence-corrected chi connectivity index (χ0v) is 15.5. The first-order valence-electron chi connectivity index (χ1n) is 6.97. The van der Waals surface area contributed by atoms with Gasteiger partial charge in [0.15, 0.2) is 9.84 Å². The second-order valence-electron chi connectivity index (χ2n) is 5.17. The Morgan fingerprint density at radius 1 is 1.52 bits per heavy atom. The zero-order chi connectivity index (χ0) is 15.6. The fourth-order valence-electron chi connectivity index (χ4n) is 2.50. The maximum atomic E-state index is 12.4. The molecule has 118 valence electrons. The van der Waals surface area contributed by atoms with Crippen LogP contribution in [-0.4, -0.2) is 37.6 Å². The fraction of sp³-hybridized carbons (Fsp3) is 0.571. The van der Waals surface area contributed by atoms with Gasteiger partial charge in [0, 0.05) is 40.0 Å². The number of nitrogens with two attached hydrogens (primary N) is 1. The van der Waals surface area contributed by atoms with Crippen LogP contribution in [0.3, 0.4) is 0 Å². The molecule has 1 aliphatic heterocycles. The third-order valence-electron chi connectivity index (χ3n) is 3.69. The topological polar surface area (TPSA) is 63.4 Å². The summed E-state index contributed by atoms with van der Waals surface area (Å²) in [5.74, 6) is 1.71. The molecule has 0 bridgehead atoms. The lowest BCUT2D eigenvalue weighted by Gasteiger charge is -2.38. The summed E-state index contributed by atoms with van der Waals surface area (Å²) < 4.78 is 25.8. The first-order chi connectivity index (χ1) is 9.86. The van der Waals surface area contributed by atoms with Gasteiger partial charge in [-0.1, -0.05) is 28.9 Å². The molecule has 7 heteroatoms. The van der Waals surface area contributed by atoms with Crippen LogP contribution in [0, 0.1) is 0 Å². The highest BCUT2D eigenvalue weighted by Crippen LogP contribution is 2.34. The molecule has 2 unspecified atom stereocenters. The predicted octanol–water partition coefficient (Wildman–Crippen LogP) is 2.78. The SMILES string of the molecule is CCS(=O)(=O)C1CSCCN1c1cc(Br)ccc1C(C)N. The van der Waals surface area contributed by atoms with Crippen LogP contribution >= 0.6 is 27.7 Å². The van der Waals surface area contributed by atoms with Crippen LogP contribution in [0.4, 0.5) is 5.69 Å². The maximum absolute atomic E-state index is 12.4. The molecule has 0 aliphatic carbocycles. The van der Waals surface area contributed by atoms with Gasteiger partial charge in [-0.2, -0.15) is 11.8 Å². The third kappa shape index (κ3) is 3.75. The van der Waals surface area contributed by atoms with Crippen LogP contribution in [0.5, 0.6) is 0 Å². The largest absolute Gasteiger partial charge is 0.353 e. The molecule has 0 amide bonds. The summed E-state index contributed by atoms with van der Waals surface area (Å²) in [4.78, 5) is 2.01. The summed E-state index contributed by atoms with van der Waals surface area (Å²) in [7, 11) is -3.12. The normalized spacial score (nSPS) is 21.3. The minimum Gasteiger partial charge on any atom is -0.353 e. The summed E-state index contributed by atoms with van der Waals surface area (Å²) >= 11 is 5.18. The minimum absolute atomic E-state index is 0.132. The van der Waals surface area contributed by atoms with Crippen molar-refractivity contribution in [3.63, 3.8) is 0 Å². The summed E-state index contributed by atoms with van der Waals surface area (Å²) in [6.45, 7) is 4.36. The van der Waals surface area contributed by atoms with Crippen LogP contribution in [-0.2, 0) is 9.84 Å². The highest BCUT2D eigenvalue weighted by atomic mass is 79.9. The van der Waals surface area contributed by atoms with Gasteiger partial charge in [-0.25, -0.2) is 8.42 Å². The van der Waals surface area contributed by atoms with E-state index in [1.165, 1.54) is 0 Å². The van der Waals surface area contributed by atoms with Crippen molar-refractivity contribution in [1.82, 2.24) is 0 Å². The molecule has 1 saturated heterocycles. The van der Waals surface area contributed by atoms with Gasteiger partial charge in [-0.05, 0) is 24.6 Å². The monoisotopic (exact) mass is 392 g/mol. The van der Waals surface area contributed by atoms with Crippen LogP contribution in [0.15, 0.2) is 22.7 Å². The van der Waals surface area contributed by atoms with Gasteiger partial charge in [0.05, 0.1) is 0 Å². The molecule has 1 heterocycles. The van der Waals surface area contributed by atoms with E-state index in [2.05, 4.69) is 15.9 Å². The Hall–Kier alpha value is -0.240. The lowest BCUT2D eigenvalue weighted by Crippen LogP contribution is -2.48. The second-order valence-corrected chi connectivity index (χ2v) is 9.68. The van der Waals surface area contributed by atoms with Crippen molar-refractivity contribution in [3.05, 3.63) is 28.2 Å². The molecule has 0 radical (unpaired) electrons. The van der Waals surface area contributed by atoms with Crippen molar-refractivity contribution >= 4 is 43.2 Å². The Morgan fingerprint density at radius 2 is 2.24 bits per heavy atom. The van der Waals surface area contributed by atoms with Crippen LogP contribution < -0.4 is 10.6 Å². The van der Waals surface area contributed by atoms with Gasteiger partial charge in [0.25, 0.3) is 0 Å². The molecule has 0 aromatic heterocycles. The average Bonchev–Trinajstić information content (AvgIpc) is 2.46. The lowest BCUT2D eigenvalue weighted by atomic mass is 10.1. The van der Waals surface area contributed by atoms with E-state index in [-0.39, 0.29) is 11.8 Å². The number of nitrogens with zero attached hydrogens (tertiary/aromatic N) is 1. The number of benzene rings is 1. The van der Waals surface area contributed by atoms with Gasteiger partial charge in [-0.15, -0.1) is 0 Å². The average molecular weight is 393 g/mol. The van der Waals surface area contributed by atoms with Gasteiger partial charge < -0.3 is 10.6 Å². The fourth-order valence-corrected chi connectivity index (χ4v) is 5.83. The second kappa shape index (κ2) is 6.89. The molecule has 2 N–H and O–H groups in total. The van der Waals surface area contributed by atoms with Gasteiger partial charge in [-0.3, -0.25) is 0 Å². The number of hydrogen-bond acceptors (Lipinski definition) is 5. The van der Waals surface area contributed by atoms with Crippen molar-refractivity contribution in [1.29, 1.82) is 0 Å². The Morgan fingerprint density at radius 3 is 2.86 bits per heavy atom. The Balaban J connectivity index is 2.49. The summed E-state index contributed by atoms with van der Waals surface area (Å²) in [5.41, 5.74) is 7.98. The van der Waals surface area contributed by atoms with Crippen molar-refractivity contribution in [2.24, 2.45) is 5.73 Å². The molecule has 1 aromatic carbocycles. The molecule has 1 fully saturated rings. The maximum Gasteiger partial charge on any atom is 0.171 e. The number of sulfone groups is 1. The molecule has 0 spiro atoms. The van der Waals surface area contributed by atoms with Crippen molar-refractivity contribution in [3.8, 4) is 0 Å². The summed E-state index contributed by atoms with van der Waals surface area (Å²) in [6, 6.07) is 5.77. The smallest absolute Gasteiger partial charge is 0.171 e. The van der Waals surface area contributed by atoms with E-state index in [0.717, 1.165) is 28.0 Å². The van der Waals surface area contributed by atoms with Crippen molar-refractivity contribution in [2.75, 3.05) is 28.7 Å². The van der Waals surface area contributed by atoms with Gasteiger partial charge in [0.2, 0.25) is 0 Å². The number of thioether (sulfide) groups is 1. The van der Waals surface area contributed by atoms with Gasteiger partial charge >= 0.3 is 0 Å². The van der Waals surface area contributed by atoms with E-state index < -0.39 is 15.2 Å². The number of hydrogen-bond donors (Lipinski definition) is 1. The van der Waals surface area contributed by atoms with E-state index in [4.69, 9.17) is 5.73 Å². The number of halogens is 1. The molecular weight excluding hydrogens is 372 g/mol. The summed E-state index contributed by atoms with van der Waals surface area (Å²) in [5, 5.41) is -0.465. The molecule has 2 atom stereocenters. The van der Waals surface area contributed by atoms with Crippen LogP contribution in [0.2, 0.25) is 0 Å². The molecule has 0 saturated carbocycles. The summed E-state index contributed by atoms with van der Waals surface area (Å²) in [6.07, 6.45) is 0. The third-order valence-corrected chi connectivity index (χ3v) is 7.48. The first-order valence-corrected chi connectivity index (χ1v) is 10.6. The molecular formula is C14H21BrN2O2S2. The first kappa shape index (κ1) is 17.1. The lowest BCUT2D eigenvalue weighted by molar-refractivity contribution is 0.579. The quantitative estimate of drug-likeness (QED) is 0.852. The molecule has 4 nitrogen and oxygen atoms in total. The molecule has 21 heavy (non-hydrogen) atoms. The van der Waals surface area contributed by atoms with E-state index in [1.54, 1.807) is 18.7 Å². The van der Waals surface area contributed by atoms with E-state index in [1.807, 2.05) is 30.0 Å². The number of rotatable bonds is 4. The molecule has 1 aromatic rings. The predicted molar refractivity (Wildman–Crippen MR) is 94.7 cm³/mol. The van der Waals surface area contributed by atoms with E-state index in [0.29, 0.717) is 5.75 Å². The highest BCUT2D eigenvalue weighted by molar-refractivity contribution is 9.10. The number of anilines is 1. The minimum atomic E-state index is -3.12.